The summed E-state index contributed by atoms with van der Waals surface area (Å²) in [4.78, 5) is 28.2. The summed E-state index contributed by atoms with van der Waals surface area (Å²) in [5, 5.41) is 0. The van der Waals surface area contributed by atoms with E-state index in [4.69, 9.17) is 9.15 Å². The molecule has 0 saturated carbocycles. The molecule has 3 heterocycles. The molecule has 2 aliphatic heterocycles. The number of fused-ring (bicyclic) bond motifs is 2. The quantitative estimate of drug-likeness (QED) is 0.555. The van der Waals surface area contributed by atoms with E-state index in [1.165, 1.54) is 0 Å². The van der Waals surface area contributed by atoms with Gasteiger partial charge in [0.25, 0.3) is 5.91 Å². The Morgan fingerprint density at radius 2 is 1.96 bits per heavy atom. The van der Waals surface area contributed by atoms with Crippen molar-refractivity contribution in [3.8, 4) is 5.75 Å². The van der Waals surface area contributed by atoms with Crippen LogP contribution in [0.25, 0.3) is 0 Å². The second-order valence-corrected chi connectivity index (χ2v) is 7.26. The number of ether oxygens (including phenoxy) is 1. The summed E-state index contributed by atoms with van der Waals surface area (Å²) < 4.78 is 11.0. The number of hydrogen-bond acceptors (Lipinski definition) is 5. The summed E-state index contributed by atoms with van der Waals surface area (Å²) in [6.45, 7) is 4.86. The summed E-state index contributed by atoms with van der Waals surface area (Å²) in [5.74, 6) is 1.28. The van der Waals surface area contributed by atoms with Gasteiger partial charge in [-0.25, -0.2) is 0 Å². The number of ketones is 1. The van der Waals surface area contributed by atoms with Crippen LogP contribution in [0.3, 0.4) is 0 Å². The molecule has 0 radical (unpaired) electrons. The lowest BCUT2D eigenvalue weighted by molar-refractivity contribution is 0.0587. The molecule has 2 bridgehead atoms. The van der Waals surface area contributed by atoms with Gasteiger partial charge in [-0.05, 0) is 56.2 Å². The Morgan fingerprint density at radius 1 is 1.15 bits per heavy atom. The predicted molar refractivity (Wildman–Crippen MR) is 100 cm³/mol. The first kappa shape index (κ1) is 17.8. The first-order valence-electron chi connectivity index (χ1n) is 9.44. The number of Topliss-reactive ketones (excluding diaryl/α,β-unsaturated/α-hetero) is 1. The fraction of sp³-hybridized carbons (Fsp3) is 0.429. The van der Waals surface area contributed by atoms with Crippen LogP contribution in [0.5, 0.6) is 5.75 Å². The molecule has 6 heteroatoms. The maximum atomic E-state index is 12.5. The third-order valence-corrected chi connectivity index (χ3v) is 5.47. The summed E-state index contributed by atoms with van der Waals surface area (Å²) in [7, 11) is 0. The van der Waals surface area contributed by atoms with Gasteiger partial charge >= 0.3 is 0 Å². The van der Waals surface area contributed by atoms with Gasteiger partial charge in [0.15, 0.2) is 11.5 Å². The SMILES string of the molecule is CC(=O)c1ccc(OCCCN2C[C@H]3C[C@@H]2CN3C(=O)c2ccco2)cc1. The molecule has 2 saturated heterocycles. The monoisotopic (exact) mass is 368 g/mol. The number of benzene rings is 1. The van der Waals surface area contributed by atoms with Crippen LogP contribution in [0.2, 0.25) is 0 Å². The first-order valence-corrected chi connectivity index (χ1v) is 9.44. The average molecular weight is 368 g/mol. The summed E-state index contributed by atoms with van der Waals surface area (Å²) in [6, 6.07) is 11.5. The highest BCUT2D eigenvalue weighted by molar-refractivity contribution is 5.94. The molecule has 0 unspecified atom stereocenters. The molecule has 6 nitrogen and oxygen atoms in total. The number of amides is 1. The van der Waals surface area contributed by atoms with Crippen LogP contribution in [0, 0.1) is 0 Å². The smallest absolute Gasteiger partial charge is 0.289 e. The van der Waals surface area contributed by atoms with Crippen molar-refractivity contribution in [2.75, 3.05) is 26.2 Å². The molecule has 142 valence electrons. The minimum absolute atomic E-state index is 0.00416. The molecule has 1 amide bonds. The Morgan fingerprint density at radius 3 is 2.59 bits per heavy atom. The molecule has 2 fully saturated rings. The lowest BCUT2D eigenvalue weighted by Gasteiger charge is -2.33. The number of rotatable bonds is 7. The fourth-order valence-corrected chi connectivity index (χ4v) is 4.06. The van der Waals surface area contributed by atoms with Gasteiger partial charge in [0, 0.05) is 37.3 Å². The van der Waals surface area contributed by atoms with Gasteiger partial charge in [-0.15, -0.1) is 0 Å². The zero-order chi connectivity index (χ0) is 18.8. The molecular formula is C21H24N2O4. The fourth-order valence-electron chi connectivity index (χ4n) is 4.06. The molecule has 1 aromatic carbocycles. The van der Waals surface area contributed by atoms with Crippen LogP contribution < -0.4 is 4.74 Å². The topological polar surface area (TPSA) is 63.0 Å². The van der Waals surface area contributed by atoms with Crippen LogP contribution in [0.4, 0.5) is 0 Å². The van der Waals surface area contributed by atoms with Gasteiger partial charge < -0.3 is 14.1 Å². The van der Waals surface area contributed by atoms with E-state index in [1.807, 2.05) is 17.0 Å². The number of nitrogens with zero attached hydrogens (tertiary/aromatic N) is 2. The minimum atomic E-state index is 0.00416. The molecule has 0 aliphatic carbocycles. The first-order chi connectivity index (χ1) is 13.1. The van der Waals surface area contributed by atoms with Crippen molar-refractivity contribution < 1.29 is 18.7 Å². The van der Waals surface area contributed by atoms with Crippen molar-refractivity contribution in [1.82, 2.24) is 9.80 Å². The highest BCUT2D eigenvalue weighted by Crippen LogP contribution is 2.31. The maximum Gasteiger partial charge on any atom is 0.289 e. The van der Waals surface area contributed by atoms with E-state index in [9.17, 15) is 9.59 Å². The van der Waals surface area contributed by atoms with Gasteiger partial charge in [-0.3, -0.25) is 14.5 Å². The van der Waals surface area contributed by atoms with Gasteiger partial charge in [0.05, 0.1) is 12.9 Å². The van der Waals surface area contributed by atoms with Crippen molar-refractivity contribution in [3.63, 3.8) is 0 Å². The Hall–Kier alpha value is -2.60. The predicted octanol–water partition coefficient (Wildman–Crippen LogP) is 2.85. The third kappa shape index (κ3) is 3.76. The molecule has 2 aromatic rings. The number of furan rings is 1. The Labute approximate surface area is 158 Å². The maximum absolute atomic E-state index is 12.5. The van der Waals surface area contributed by atoms with Crippen molar-refractivity contribution >= 4 is 11.7 Å². The van der Waals surface area contributed by atoms with Crippen LogP contribution in [-0.4, -0.2) is 59.8 Å². The summed E-state index contributed by atoms with van der Waals surface area (Å²) in [6.07, 6.45) is 3.52. The summed E-state index contributed by atoms with van der Waals surface area (Å²) >= 11 is 0. The second-order valence-electron chi connectivity index (χ2n) is 7.26. The van der Waals surface area contributed by atoms with Crippen LogP contribution in [-0.2, 0) is 0 Å². The normalized spacial score (nSPS) is 21.6. The van der Waals surface area contributed by atoms with E-state index in [2.05, 4.69) is 4.90 Å². The molecule has 2 atom stereocenters. The Balaban J connectivity index is 1.20. The highest BCUT2D eigenvalue weighted by atomic mass is 16.5. The van der Waals surface area contributed by atoms with Crippen molar-refractivity contribution in [2.45, 2.75) is 31.8 Å². The van der Waals surface area contributed by atoms with Gasteiger partial charge in [0.1, 0.15) is 5.75 Å². The zero-order valence-corrected chi connectivity index (χ0v) is 15.5. The number of piperazine rings is 1. The Kier molecular flexibility index (Phi) is 4.99. The zero-order valence-electron chi connectivity index (χ0n) is 15.5. The lowest BCUT2D eigenvalue weighted by Crippen LogP contribution is -2.49. The van der Waals surface area contributed by atoms with Crippen LogP contribution in [0.15, 0.2) is 47.1 Å². The molecule has 0 N–H and O–H groups in total. The third-order valence-electron chi connectivity index (χ3n) is 5.47. The largest absolute Gasteiger partial charge is 0.494 e. The van der Waals surface area contributed by atoms with E-state index in [-0.39, 0.29) is 17.7 Å². The van der Waals surface area contributed by atoms with E-state index in [0.717, 1.165) is 38.2 Å². The number of carbonyl (C=O) groups is 2. The average Bonchev–Trinajstić information content (AvgIpc) is 3.42. The minimum Gasteiger partial charge on any atom is -0.494 e. The van der Waals surface area contributed by atoms with Crippen LogP contribution in [0.1, 0.15) is 40.7 Å². The molecule has 4 rings (SSSR count). The van der Waals surface area contributed by atoms with Gasteiger partial charge in [-0.1, -0.05) is 0 Å². The van der Waals surface area contributed by atoms with Gasteiger partial charge in [0.2, 0.25) is 0 Å². The van der Waals surface area contributed by atoms with Crippen molar-refractivity contribution in [2.24, 2.45) is 0 Å². The van der Waals surface area contributed by atoms with E-state index < -0.39 is 0 Å². The highest BCUT2D eigenvalue weighted by Gasteiger charge is 2.45. The van der Waals surface area contributed by atoms with Crippen LogP contribution >= 0.6 is 0 Å². The Bertz CT molecular complexity index is 800. The second kappa shape index (κ2) is 7.56. The molecule has 27 heavy (non-hydrogen) atoms. The number of hydrogen-bond donors (Lipinski definition) is 0. The number of likely N-dealkylation sites (tertiary alicyclic amines) is 2. The molecule has 1 aromatic heterocycles. The van der Waals surface area contributed by atoms with Gasteiger partial charge in [-0.2, -0.15) is 0 Å². The van der Waals surface area contributed by atoms with E-state index >= 15 is 0 Å². The molecular weight excluding hydrogens is 344 g/mol. The molecule has 2 aliphatic rings. The van der Waals surface area contributed by atoms with E-state index in [0.29, 0.717) is 24.0 Å². The lowest BCUT2D eigenvalue weighted by atomic mass is 10.1. The summed E-state index contributed by atoms with van der Waals surface area (Å²) in [5.41, 5.74) is 0.698. The van der Waals surface area contributed by atoms with E-state index in [1.54, 1.807) is 37.5 Å². The van der Waals surface area contributed by atoms with Crippen molar-refractivity contribution in [3.05, 3.63) is 54.0 Å². The standard InChI is InChI=1S/C21H24N2O4/c1-15(24)16-5-7-19(8-6-16)26-11-3-9-22-13-18-12-17(22)14-23(18)21(25)20-4-2-10-27-20/h2,4-8,10,17-18H,3,9,11-14H2,1H3/t17-,18-/m1/s1. The molecule has 0 spiro atoms. The number of carbonyl (C=O) groups excluding carboxylic acids is 2. The van der Waals surface area contributed by atoms with Crippen molar-refractivity contribution in [1.29, 1.82) is 0 Å².